The van der Waals surface area contributed by atoms with Crippen LogP contribution >= 0.6 is 11.6 Å². The summed E-state index contributed by atoms with van der Waals surface area (Å²) in [6, 6.07) is 30.3. The van der Waals surface area contributed by atoms with Crippen LogP contribution in [0.25, 0.3) is 0 Å². The number of hydrogen-bond donors (Lipinski definition) is 1. The van der Waals surface area contributed by atoms with E-state index in [1.807, 2.05) is 36.4 Å². The lowest BCUT2D eigenvalue weighted by Gasteiger charge is -2.34. The molecule has 46 heavy (non-hydrogen) atoms. The van der Waals surface area contributed by atoms with Crippen molar-refractivity contribution in [3.8, 4) is 5.75 Å². The molecule has 1 fully saturated rings. The van der Waals surface area contributed by atoms with E-state index < -0.39 is 28.5 Å². The lowest BCUT2D eigenvalue weighted by Crippen LogP contribution is -2.54. The van der Waals surface area contributed by atoms with Gasteiger partial charge in [-0.3, -0.25) is 13.9 Å². The summed E-state index contributed by atoms with van der Waals surface area (Å²) in [4.78, 5) is 30.2. The van der Waals surface area contributed by atoms with Crippen LogP contribution in [0, 0.1) is 0 Å². The topological polar surface area (TPSA) is 96.0 Å². The number of nitrogens with one attached hydrogen (secondary N) is 1. The molecule has 0 aliphatic heterocycles. The number of anilines is 1. The summed E-state index contributed by atoms with van der Waals surface area (Å²) < 4.78 is 35.0. The van der Waals surface area contributed by atoms with Gasteiger partial charge in [-0.15, -0.1) is 0 Å². The van der Waals surface area contributed by atoms with Gasteiger partial charge in [0.2, 0.25) is 11.8 Å². The first-order valence-electron chi connectivity index (χ1n) is 15.4. The highest BCUT2D eigenvalue weighted by Crippen LogP contribution is 2.33. The van der Waals surface area contributed by atoms with Gasteiger partial charge >= 0.3 is 0 Å². The van der Waals surface area contributed by atoms with Gasteiger partial charge < -0.3 is 15.0 Å². The van der Waals surface area contributed by atoms with E-state index in [2.05, 4.69) is 5.32 Å². The highest BCUT2D eigenvalue weighted by molar-refractivity contribution is 7.92. The van der Waals surface area contributed by atoms with Gasteiger partial charge in [0.05, 0.1) is 17.7 Å². The second-order valence-corrected chi connectivity index (χ2v) is 13.6. The van der Waals surface area contributed by atoms with Gasteiger partial charge in [0, 0.05) is 24.0 Å². The van der Waals surface area contributed by atoms with Crippen molar-refractivity contribution < 1.29 is 22.7 Å². The molecule has 1 N–H and O–H groups in total. The Morgan fingerprint density at radius 1 is 0.870 bits per heavy atom. The number of sulfonamides is 1. The van der Waals surface area contributed by atoms with Crippen molar-refractivity contribution in [1.82, 2.24) is 10.2 Å². The summed E-state index contributed by atoms with van der Waals surface area (Å²) in [5.41, 5.74) is 1.79. The predicted molar refractivity (Wildman–Crippen MR) is 180 cm³/mol. The molecule has 0 radical (unpaired) electrons. The van der Waals surface area contributed by atoms with E-state index in [-0.39, 0.29) is 41.2 Å². The average molecular weight is 660 g/mol. The maximum atomic E-state index is 14.6. The smallest absolute Gasteiger partial charge is 0.264 e. The monoisotopic (exact) mass is 659 g/mol. The largest absolute Gasteiger partial charge is 0.495 e. The minimum Gasteiger partial charge on any atom is -0.495 e. The Balaban J connectivity index is 1.58. The summed E-state index contributed by atoms with van der Waals surface area (Å²) in [6.07, 6.45) is 4.06. The Morgan fingerprint density at radius 3 is 2.17 bits per heavy atom. The molecule has 240 valence electrons. The summed E-state index contributed by atoms with van der Waals surface area (Å²) in [5.74, 6) is -0.537. The Bertz CT molecular complexity index is 1730. The second-order valence-electron chi connectivity index (χ2n) is 11.3. The predicted octanol–water partition coefficient (Wildman–Crippen LogP) is 6.24. The maximum absolute atomic E-state index is 14.6. The third-order valence-corrected chi connectivity index (χ3v) is 10.2. The van der Waals surface area contributed by atoms with Crippen LogP contribution in [0.15, 0.2) is 114 Å². The van der Waals surface area contributed by atoms with Crippen LogP contribution in [0.4, 0.5) is 5.69 Å². The van der Waals surface area contributed by atoms with Crippen LogP contribution in [0.3, 0.4) is 0 Å². The molecular formula is C36H38ClN3O5S. The Morgan fingerprint density at radius 2 is 1.50 bits per heavy atom. The van der Waals surface area contributed by atoms with Gasteiger partial charge in [-0.05, 0) is 60.4 Å². The third kappa shape index (κ3) is 8.08. The fraction of sp³-hybridized carbons (Fsp3) is 0.278. The fourth-order valence-corrected chi connectivity index (χ4v) is 7.48. The normalized spacial score (nSPS) is 14.0. The summed E-state index contributed by atoms with van der Waals surface area (Å²) >= 11 is 6.33. The Labute approximate surface area is 276 Å². The second kappa shape index (κ2) is 15.3. The molecule has 4 aromatic carbocycles. The highest BCUT2D eigenvalue weighted by atomic mass is 35.5. The molecule has 5 rings (SSSR count). The quantitative estimate of drug-likeness (QED) is 0.183. The average Bonchev–Trinajstić information content (AvgIpc) is 3.59. The number of hydrogen-bond acceptors (Lipinski definition) is 5. The van der Waals surface area contributed by atoms with Gasteiger partial charge in [-0.2, -0.15) is 0 Å². The third-order valence-electron chi connectivity index (χ3n) is 8.18. The van der Waals surface area contributed by atoms with Gasteiger partial charge in [0.15, 0.2) is 0 Å². The number of methoxy groups -OCH3 is 1. The van der Waals surface area contributed by atoms with E-state index in [0.717, 1.165) is 35.6 Å². The van der Waals surface area contributed by atoms with E-state index in [4.69, 9.17) is 16.3 Å². The molecule has 0 heterocycles. The van der Waals surface area contributed by atoms with Crippen LogP contribution in [-0.4, -0.2) is 50.9 Å². The first-order valence-corrected chi connectivity index (χ1v) is 17.2. The number of halogens is 1. The highest BCUT2D eigenvalue weighted by Gasteiger charge is 2.36. The van der Waals surface area contributed by atoms with Crippen LogP contribution in [-0.2, 0) is 32.6 Å². The number of benzene rings is 4. The number of nitrogens with zero attached hydrogens (tertiary/aromatic N) is 2. The summed E-state index contributed by atoms with van der Waals surface area (Å²) in [5, 5.41) is 3.67. The van der Waals surface area contributed by atoms with E-state index in [0.29, 0.717) is 10.6 Å². The molecule has 1 atom stereocenters. The molecule has 10 heteroatoms. The molecule has 2 amide bonds. The van der Waals surface area contributed by atoms with E-state index in [1.54, 1.807) is 60.7 Å². The standard InChI is InChI=1S/C36H38ClN3O5S/c1-45-34-22-11-10-21-32(34)40(46(43,44)31-19-6-3-7-20-31)26-35(41)39(25-28-15-12-16-29(37)23-28)33(24-27-13-4-2-5-14-27)36(42)38-30-17-8-9-18-30/h2-7,10-16,19-23,30,33H,8-9,17-18,24-26H2,1H3,(H,38,42). The molecule has 4 aromatic rings. The van der Waals surface area contributed by atoms with E-state index >= 15 is 0 Å². The van der Waals surface area contributed by atoms with Crippen molar-refractivity contribution >= 4 is 39.1 Å². The van der Waals surface area contributed by atoms with Gasteiger partial charge in [0.1, 0.15) is 18.3 Å². The van der Waals surface area contributed by atoms with Crippen molar-refractivity contribution in [2.45, 2.75) is 55.6 Å². The number of para-hydroxylation sites is 2. The zero-order valence-electron chi connectivity index (χ0n) is 25.7. The van der Waals surface area contributed by atoms with Gasteiger partial charge in [-0.25, -0.2) is 8.42 Å². The molecule has 0 spiro atoms. The van der Waals surface area contributed by atoms with Crippen LogP contribution in [0.5, 0.6) is 5.75 Å². The number of carbonyl (C=O) groups is 2. The number of amides is 2. The number of carbonyl (C=O) groups excluding carboxylic acids is 2. The lowest BCUT2D eigenvalue weighted by atomic mass is 10.0. The van der Waals surface area contributed by atoms with Crippen molar-refractivity contribution in [3.63, 3.8) is 0 Å². The van der Waals surface area contributed by atoms with E-state index in [9.17, 15) is 18.0 Å². The lowest BCUT2D eigenvalue weighted by molar-refractivity contribution is -0.140. The van der Waals surface area contributed by atoms with Crippen LogP contribution in [0.1, 0.15) is 36.8 Å². The summed E-state index contributed by atoms with van der Waals surface area (Å²) in [7, 11) is -2.79. The number of ether oxygens (including phenoxy) is 1. The fourth-order valence-electron chi connectivity index (χ4n) is 5.82. The van der Waals surface area contributed by atoms with Crippen LogP contribution in [0.2, 0.25) is 5.02 Å². The molecule has 0 aromatic heterocycles. The Kier molecular flexibility index (Phi) is 11.0. The summed E-state index contributed by atoms with van der Waals surface area (Å²) in [6.45, 7) is -0.527. The van der Waals surface area contributed by atoms with Crippen molar-refractivity contribution in [2.24, 2.45) is 0 Å². The first kappa shape index (κ1) is 33.0. The van der Waals surface area contributed by atoms with Crippen molar-refractivity contribution in [1.29, 1.82) is 0 Å². The first-order chi connectivity index (χ1) is 22.3. The minimum absolute atomic E-state index is 0.0231. The van der Waals surface area contributed by atoms with Crippen molar-refractivity contribution in [2.75, 3.05) is 18.0 Å². The molecule has 0 saturated heterocycles. The Hall–Kier alpha value is -4.34. The van der Waals surface area contributed by atoms with E-state index in [1.165, 1.54) is 24.1 Å². The van der Waals surface area contributed by atoms with Crippen molar-refractivity contribution in [3.05, 3.63) is 125 Å². The van der Waals surface area contributed by atoms with Gasteiger partial charge in [0.25, 0.3) is 10.0 Å². The minimum atomic E-state index is -4.23. The zero-order chi connectivity index (χ0) is 32.5. The van der Waals surface area contributed by atoms with Crippen LogP contribution < -0.4 is 14.4 Å². The molecular weight excluding hydrogens is 622 g/mol. The molecule has 0 bridgehead atoms. The molecule has 1 aliphatic rings. The van der Waals surface area contributed by atoms with Gasteiger partial charge in [-0.1, -0.05) is 97.2 Å². The SMILES string of the molecule is COc1ccccc1N(CC(=O)N(Cc1cccc(Cl)c1)C(Cc1ccccc1)C(=O)NC1CCCC1)S(=O)(=O)c1ccccc1. The maximum Gasteiger partial charge on any atom is 0.264 e. The zero-order valence-corrected chi connectivity index (χ0v) is 27.3. The molecule has 1 aliphatic carbocycles. The number of rotatable bonds is 13. The molecule has 8 nitrogen and oxygen atoms in total. The molecule has 1 saturated carbocycles. The molecule has 1 unspecified atom stereocenters.